The Balaban J connectivity index is 3.48. The Bertz CT molecular complexity index is 193. The third-order valence-corrected chi connectivity index (χ3v) is 1.75. The number of carbonyl (C=O) groups is 2. The molecule has 0 aromatic rings. The number of esters is 1. The van der Waals surface area contributed by atoms with Gasteiger partial charge in [-0.05, 0) is 19.8 Å². The molecule has 82 valence electrons. The third kappa shape index (κ3) is 6.42. The van der Waals surface area contributed by atoms with Crippen LogP contribution in [-0.4, -0.2) is 29.7 Å². The summed E-state index contributed by atoms with van der Waals surface area (Å²) < 4.78 is 4.70. The number of aliphatic carboxylic acids is 1. The highest BCUT2D eigenvalue weighted by Crippen LogP contribution is 2.03. The van der Waals surface area contributed by atoms with Gasteiger partial charge in [-0.1, -0.05) is 6.42 Å². The molecular formula is C9H17NO4. The monoisotopic (exact) mass is 203 g/mol. The van der Waals surface area contributed by atoms with E-state index in [1.165, 1.54) is 0 Å². The molecule has 5 nitrogen and oxygen atoms in total. The standard InChI is InChI=1S/C9H17NO4/c1-2-14-9(13)7(10)5-3-4-6-8(11)12/h7H,2-6,10H2,1H3,(H,11,12). The Labute approximate surface area is 83.2 Å². The van der Waals surface area contributed by atoms with Crippen molar-refractivity contribution in [2.24, 2.45) is 5.73 Å². The minimum atomic E-state index is -0.824. The topological polar surface area (TPSA) is 89.6 Å². The van der Waals surface area contributed by atoms with Gasteiger partial charge >= 0.3 is 11.9 Å². The molecule has 0 heterocycles. The van der Waals surface area contributed by atoms with E-state index in [9.17, 15) is 9.59 Å². The molecule has 0 amide bonds. The van der Waals surface area contributed by atoms with Gasteiger partial charge in [-0.2, -0.15) is 0 Å². The van der Waals surface area contributed by atoms with Crippen LogP contribution in [-0.2, 0) is 14.3 Å². The summed E-state index contributed by atoms with van der Waals surface area (Å²) >= 11 is 0. The van der Waals surface area contributed by atoms with E-state index < -0.39 is 18.0 Å². The summed E-state index contributed by atoms with van der Waals surface area (Å²) in [6, 6.07) is -0.622. The van der Waals surface area contributed by atoms with Gasteiger partial charge in [0.15, 0.2) is 0 Å². The highest BCUT2D eigenvalue weighted by atomic mass is 16.5. The van der Waals surface area contributed by atoms with Gasteiger partial charge in [0.2, 0.25) is 0 Å². The molecule has 1 unspecified atom stereocenters. The van der Waals surface area contributed by atoms with Gasteiger partial charge in [0.1, 0.15) is 6.04 Å². The number of carboxylic acids is 1. The van der Waals surface area contributed by atoms with Crippen molar-refractivity contribution in [3.05, 3.63) is 0 Å². The van der Waals surface area contributed by atoms with Crippen molar-refractivity contribution in [2.75, 3.05) is 6.61 Å². The van der Waals surface area contributed by atoms with Crippen LogP contribution in [0.3, 0.4) is 0 Å². The summed E-state index contributed by atoms with van der Waals surface area (Å²) in [6.07, 6.45) is 1.77. The molecule has 1 atom stereocenters. The van der Waals surface area contributed by atoms with Crippen molar-refractivity contribution in [2.45, 2.75) is 38.6 Å². The average Bonchev–Trinajstić information content (AvgIpc) is 2.12. The maximum Gasteiger partial charge on any atom is 0.322 e. The van der Waals surface area contributed by atoms with Crippen LogP contribution in [0.15, 0.2) is 0 Å². The molecule has 0 fully saturated rings. The van der Waals surface area contributed by atoms with Gasteiger partial charge in [0.25, 0.3) is 0 Å². The number of rotatable bonds is 7. The Morgan fingerprint density at radius 2 is 2.07 bits per heavy atom. The lowest BCUT2D eigenvalue weighted by Gasteiger charge is -2.09. The number of nitrogens with two attached hydrogens (primary N) is 1. The normalized spacial score (nSPS) is 12.1. The van der Waals surface area contributed by atoms with Crippen LogP contribution >= 0.6 is 0 Å². The van der Waals surface area contributed by atoms with Crippen molar-refractivity contribution < 1.29 is 19.4 Å². The molecule has 0 aromatic heterocycles. The van der Waals surface area contributed by atoms with E-state index in [4.69, 9.17) is 15.6 Å². The predicted octanol–water partition coefficient (Wildman–Crippen LogP) is 0.522. The molecule has 0 aliphatic rings. The van der Waals surface area contributed by atoms with Crippen LogP contribution in [0.4, 0.5) is 0 Å². The number of hydrogen-bond acceptors (Lipinski definition) is 4. The zero-order valence-electron chi connectivity index (χ0n) is 8.36. The Morgan fingerprint density at radius 3 is 2.57 bits per heavy atom. The van der Waals surface area contributed by atoms with Gasteiger partial charge in [0.05, 0.1) is 6.61 Å². The summed E-state index contributed by atoms with van der Waals surface area (Å²) in [5.41, 5.74) is 5.50. The zero-order valence-corrected chi connectivity index (χ0v) is 8.36. The first-order valence-electron chi connectivity index (χ1n) is 4.72. The number of ether oxygens (including phenoxy) is 1. The SMILES string of the molecule is CCOC(=O)C(N)CCCCC(=O)O. The van der Waals surface area contributed by atoms with Crippen molar-refractivity contribution in [3.8, 4) is 0 Å². The second-order valence-electron chi connectivity index (χ2n) is 3.00. The summed E-state index contributed by atoms with van der Waals surface area (Å²) in [4.78, 5) is 21.2. The second kappa shape index (κ2) is 7.32. The van der Waals surface area contributed by atoms with Gasteiger partial charge in [0, 0.05) is 6.42 Å². The molecular weight excluding hydrogens is 186 g/mol. The molecule has 0 aromatic carbocycles. The third-order valence-electron chi connectivity index (χ3n) is 1.75. The first-order chi connectivity index (χ1) is 6.57. The van der Waals surface area contributed by atoms with E-state index in [1.54, 1.807) is 6.92 Å². The van der Waals surface area contributed by atoms with Crippen molar-refractivity contribution in [1.29, 1.82) is 0 Å². The van der Waals surface area contributed by atoms with Crippen LogP contribution in [0, 0.1) is 0 Å². The molecule has 3 N–H and O–H groups in total. The second-order valence-corrected chi connectivity index (χ2v) is 3.00. The Morgan fingerprint density at radius 1 is 1.43 bits per heavy atom. The van der Waals surface area contributed by atoms with Crippen molar-refractivity contribution in [1.82, 2.24) is 0 Å². The minimum absolute atomic E-state index is 0.121. The molecule has 0 bridgehead atoms. The maximum absolute atomic E-state index is 11.0. The summed E-state index contributed by atoms with van der Waals surface area (Å²) in [5.74, 6) is -1.24. The van der Waals surface area contributed by atoms with Crippen molar-refractivity contribution >= 4 is 11.9 Å². The minimum Gasteiger partial charge on any atom is -0.481 e. The maximum atomic E-state index is 11.0. The quantitative estimate of drug-likeness (QED) is 0.465. The van der Waals surface area contributed by atoms with Gasteiger partial charge in [-0.15, -0.1) is 0 Å². The molecule has 0 saturated heterocycles. The number of hydrogen-bond donors (Lipinski definition) is 2. The Kier molecular flexibility index (Phi) is 6.74. The Hall–Kier alpha value is -1.10. The number of unbranched alkanes of at least 4 members (excludes halogenated alkanes) is 1. The summed E-state index contributed by atoms with van der Waals surface area (Å²) in [6.45, 7) is 2.04. The zero-order chi connectivity index (χ0) is 11.0. The van der Waals surface area contributed by atoms with Crippen LogP contribution in [0.25, 0.3) is 0 Å². The summed E-state index contributed by atoms with van der Waals surface area (Å²) in [5, 5.41) is 8.35. The van der Waals surface area contributed by atoms with Crippen LogP contribution < -0.4 is 5.73 Å². The van der Waals surface area contributed by atoms with E-state index in [-0.39, 0.29) is 6.42 Å². The van der Waals surface area contributed by atoms with Gasteiger partial charge in [-0.25, -0.2) is 0 Å². The van der Waals surface area contributed by atoms with E-state index in [0.717, 1.165) is 0 Å². The molecule has 0 rings (SSSR count). The van der Waals surface area contributed by atoms with Crippen molar-refractivity contribution in [3.63, 3.8) is 0 Å². The smallest absolute Gasteiger partial charge is 0.322 e. The van der Waals surface area contributed by atoms with E-state index in [0.29, 0.717) is 25.9 Å². The molecule has 0 aliphatic carbocycles. The van der Waals surface area contributed by atoms with E-state index in [1.807, 2.05) is 0 Å². The van der Waals surface area contributed by atoms with E-state index in [2.05, 4.69) is 0 Å². The largest absolute Gasteiger partial charge is 0.481 e. The first-order valence-corrected chi connectivity index (χ1v) is 4.72. The molecule has 0 radical (unpaired) electrons. The predicted molar refractivity (Wildman–Crippen MR) is 50.7 cm³/mol. The highest BCUT2D eigenvalue weighted by Gasteiger charge is 2.13. The summed E-state index contributed by atoms with van der Waals surface area (Å²) in [7, 11) is 0. The van der Waals surface area contributed by atoms with Gasteiger partial charge in [-0.3, -0.25) is 9.59 Å². The fourth-order valence-electron chi connectivity index (χ4n) is 1.01. The fourth-order valence-corrected chi connectivity index (χ4v) is 1.01. The van der Waals surface area contributed by atoms with Crippen LogP contribution in [0.1, 0.15) is 32.6 Å². The highest BCUT2D eigenvalue weighted by molar-refractivity contribution is 5.75. The van der Waals surface area contributed by atoms with Gasteiger partial charge < -0.3 is 15.6 Å². The lowest BCUT2D eigenvalue weighted by Crippen LogP contribution is -2.32. The number of carbonyl (C=O) groups excluding carboxylic acids is 1. The molecule has 14 heavy (non-hydrogen) atoms. The molecule has 0 saturated carbocycles. The lowest BCUT2D eigenvalue weighted by molar-refractivity contribution is -0.144. The molecule has 0 aliphatic heterocycles. The fraction of sp³-hybridized carbons (Fsp3) is 0.778. The van der Waals surface area contributed by atoms with E-state index >= 15 is 0 Å². The molecule has 0 spiro atoms. The number of carboxylic acid groups (broad SMARTS) is 1. The molecule has 5 heteroatoms. The van der Waals surface area contributed by atoms with Crippen LogP contribution in [0.5, 0.6) is 0 Å². The first kappa shape index (κ1) is 12.9. The average molecular weight is 203 g/mol. The van der Waals surface area contributed by atoms with Crippen LogP contribution in [0.2, 0.25) is 0 Å². The lowest BCUT2D eigenvalue weighted by atomic mass is 10.1.